The first-order valence-corrected chi connectivity index (χ1v) is 4.88. The van der Waals surface area contributed by atoms with Gasteiger partial charge >= 0.3 is 6.18 Å². The van der Waals surface area contributed by atoms with Crippen molar-refractivity contribution in [2.24, 2.45) is 7.05 Å². The molecule has 0 saturated carbocycles. The Kier molecular flexibility index (Phi) is 2.82. The van der Waals surface area contributed by atoms with Crippen molar-refractivity contribution >= 4 is 5.91 Å². The van der Waals surface area contributed by atoms with Crippen LogP contribution >= 0.6 is 0 Å². The number of aryl methyl sites for hydroxylation is 1. The standard InChI is InChI=1S/C9H10F3N3O2/c1-14-3-2-6(13-14)7(16)15-4-5-17-8(15)9(10,11)12/h2-3,8H,4-5H2,1H3. The van der Waals surface area contributed by atoms with E-state index in [1.807, 2.05) is 0 Å². The van der Waals surface area contributed by atoms with Crippen molar-refractivity contribution in [3.8, 4) is 0 Å². The SMILES string of the molecule is Cn1ccc(C(=O)N2CCOC2C(F)(F)F)n1. The van der Waals surface area contributed by atoms with E-state index in [0.717, 1.165) is 0 Å². The summed E-state index contributed by atoms with van der Waals surface area (Å²) < 4.78 is 43.5. The van der Waals surface area contributed by atoms with Crippen molar-refractivity contribution < 1.29 is 22.7 Å². The topological polar surface area (TPSA) is 47.4 Å². The van der Waals surface area contributed by atoms with Crippen LogP contribution in [0.25, 0.3) is 0 Å². The molecule has 1 aromatic heterocycles. The van der Waals surface area contributed by atoms with Gasteiger partial charge in [0.25, 0.3) is 5.91 Å². The summed E-state index contributed by atoms with van der Waals surface area (Å²) in [5, 5.41) is 3.77. The lowest BCUT2D eigenvalue weighted by Gasteiger charge is -2.24. The number of ether oxygens (including phenoxy) is 1. The van der Waals surface area contributed by atoms with Crippen molar-refractivity contribution in [2.75, 3.05) is 13.2 Å². The number of aromatic nitrogens is 2. The lowest BCUT2D eigenvalue weighted by molar-refractivity contribution is -0.232. The second-order valence-electron chi connectivity index (χ2n) is 3.64. The van der Waals surface area contributed by atoms with Crippen LogP contribution in [-0.4, -0.2) is 46.1 Å². The molecule has 17 heavy (non-hydrogen) atoms. The molecule has 0 bridgehead atoms. The Labute approximate surface area is 94.8 Å². The normalized spacial score (nSPS) is 20.9. The highest BCUT2D eigenvalue weighted by atomic mass is 19.4. The molecule has 94 valence electrons. The minimum Gasteiger partial charge on any atom is -0.348 e. The van der Waals surface area contributed by atoms with Crippen LogP contribution in [0.15, 0.2) is 12.3 Å². The number of carbonyl (C=O) groups is 1. The van der Waals surface area contributed by atoms with Crippen LogP contribution in [0.3, 0.4) is 0 Å². The van der Waals surface area contributed by atoms with Gasteiger partial charge in [0, 0.05) is 19.8 Å². The molecule has 0 aromatic carbocycles. The Morgan fingerprint density at radius 2 is 2.29 bits per heavy atom. The van der Waals surface area contributed by atoms with Crippen LogP contribution in [0.2, 0.25) is 0 Å². The third-order valence-corrected chi connectivity index (χ3v) is 2.36. The molecule has 1 unspecified atom stereocenters. The van der Waals surface area contributed by atoms with E-state index >= 15 is 0 Å². The first-order valence-electron chi connectivity index (χ1n) is 4.88. The van der Waals surface area contributed by atoms with Crippen LogP contribution < -0.4 is 0 Å². The van der Waals surface area contributed by atoms with E-state index in [1.165, 1.54) is 16.9 Å². The Morgan fingerprint density at radius 3 is 2.82 bits per heavy atom. The number of hydrogen-bond donors (Lipinski definition) is 0. The highest BCUT2D eigenvalue weighted by Gasteiger charge is 2.49. The summed E-state index contributed by atoms with van der Waals surface area (Å²) in [6, 6.07) is 1.37. The minimum absolute atomic E-state index is 0.0211. The van der Waals surface area contributed by atoms with Gasteiger partial charge in [0.1, 0.15) is 5.69 Å². The molecule has 8 heteroatoms. The molecule has 1 aromatic rings. The van der Waals surface area contributed by atoms with E-state index < -0.39 is 18.3 Å². The summed E-state index contributed by atoms with van der Waals surface area (Å²) >= 11 is 0. The smallest absolute Gasteiger partial charge is 0.348 e. The fourth-order valence-electron chi connectivity index (χ4n) is 1.63. The average Bonchev–Trinajstić information content (AvgIpc) is 2.83. The molecule has 1 saturated heterocycles. The van der Waals surface area contributed by atoms with Crippen molar-refractivity contribution in [1.29, 1.82) is 0 Å². The largest absolute Gasteiger partial charge is 0.433 e. The van der Waals surface area contributed by atoms with Crippen LogP contribution in [0.5, 0.6) is 0 Å². The Hall–Kier alpha value is -1.57. The molecule has 1 amide bonds. The first kappa shape index (κ1) is 11.9. The zero-order chi connectivity index (χ0) is 12.6. The van der Waals surface area contributed by atoms with Gasteiger partial charge in [-0.05, 0) is 6.07 Å². The van der Waals surface area contributed by atoms with Gasteiger partial charge in [-0.2, -0.15) is 18.3 Å². The minimum atomic E-state index is -4.58. The molecule has 2 heterocycles. The number of rotatable bonds is 1. The van der Waals surface area contributed by atoms with Gasteiger partial charge in [-0.3, -0.25) is 9.48 Å². The fraction of sp³-hybridized carbons (Fsp3) is 0.556. The molecule has 0 N–H and O–H groups in total. The second kappa shape index (κ2) is 4.02. The van der Waals surface area contributed by atoms with Gasteiger partial charge in [0.15, 0.2) is 0 Å². The van der Waals surface area contributed by atoms with Crippen molar-refractivity contribution in [3.05, 3.63) is 18.0 Å². The lowest BCUT2D eigenvalue weighted by Crippen LogP contribution is -2.45. The third kappa shape index (κ3) is 2.26. The molecule has 1 aliphatic heterocycles. The number of alkyl halides is 3. The van der Waals surface area contributed by atoms with Crippen LogP contribution in [-0.2, 0) is 11.8 Å². The lowest BCUT2D eigenvalue weighted by atomic mass is 10.3. The molecule has 0 spiro atoms. The van der Waals surface area contributed by atoms with Crippen molar-refractivity contribution in [3.63, 3.8) is 0 Å². The predicted molar refractivity (Wildman–Crippen MR) is 50.0 cm³/mol. The molecule has 0 aliphatic carbocycles. The monoisotopic (exact) mass is 249 g/mol. The molecule has 1 fully saturated rings. The predicted octanol–water partition coefficient (Wildman–Crippen LogP) is 0.781. The molecular weight excluding hydrogens is 239 g/mol. The summed E-state index contributed by atoms with van der Waals surface area (Å²) in [5.74, 6) is -0.773. The van der Waals surface area contributed by atoms with Gasteiger partial charge in [-0.15, -0.1) is 0 Å². The van der Waals surface area contributed by atoms with Crippen molar-refractivity contribution in [1.82, 2.24) is 14.7 Å². The molecule has 1 aliphatic rings. The van der Waals surface area contributed by atoms with Gasteiger partial charge in [-0.1, -0.05) is 0 Å². The number of hydrogen-bond acceptors (Lipinski definition) is 3. The van der Waals surface area contributed by atoms with Gasteiger partial charge in [0.05, 0.1) is 6.61 Å². The maximum absolute atomic E-state index is 12.5. The summed E-state index contributed by atoms with van der Waals surface area (Å²) in [5.41, 5.74) is -0.0211. The van der Waals surface area contributed by atoms with E-state index in [0.29, 0.717) is 4.90 Å². The first-order chi connectivity index (χ1) is 7.89. The Balaban J connectivity index is 2.19. The van der Waals surface area contributed by atoms with Gasteiger partial charge in [-0.25, -0.2) is 0 Å². The zero-order valence-electron chi connectivity index (χ0n) is 8.94. The van der Waals surface area contributed by atoms with E-state index in [4.69, 9.17) is 0 Å². The Morgan fingerprint density at radius 1 is 1.59 bits per heavy atom. The van der Waals surface area contributed by atoms with Crippen LogP contribution in [0.4, 0.5) is 13.2 Å². The maximum Gasteiger partial charge on any atom is 0.433 e. The van der Waals surface area contributed by atoms with Gasteiger partial charge < -0.3 is 9.64 Å². The summed E-state index contributed by atoms with van der Waals surface area (Å²) in [7, 11) is 1.58. The van der Waals surface area contributed by atoms with Gasteiger partial charge in [0.2, 0.25) is 6.23 Å². The van der Waals surface area contributed by atoms with E-state index in [2.05, 4.69) is 9.84 Å². The van der Waals surface area contributed by atoms with Crippen LogP contribution in [0.1, 0.15) is 10.5 Å². The van der Waals surface area contributed by atoms with E-state index in [1.54, 1.807) is 7.05 Å². The van der Waals surface area contributed by atoms with Crippen molar-refractivity contribution in [2.45, 2.75) is 12.4 Å². The van der Waals surface area contributed by atoms with Crippen LogP contribution in [0, 0.1) is 0 Å². The molecule has 0 radical (unpaired) electrons. The summed E-state index contributed by atoms with van der Waals surface area (Å²) in [6.07, 6.45) is -5.26. The Bertz CT molecular complexity index is 429. The van der Waals surface area contributed by atoms with E-state index in [9.17, 15) is 18.0 Å². The quantitative estimate of drug-likeness (QED) is 0.739. The fourth-order valence-corrected chi connectivity index (χ4v) is 1.63. The second-order valence-corrected chi connectivity index (χ2v) is 3.64. The third-order valence-electron chi connectivity index (χ3n) is 2.36. The molecular formula is C9H10F3N3O2. The molecule has 2 rings (SSSR count). The number of amides is 1. The highest BCUT2D eigenvalue weighted by Crippen LogP contribution is 2.29. The number of nitrogens with zero attached hydrogens (tertiary/aromatic N) is 3. The summed E-state index contributed by atoms with van der Waals surface area (Å²) in [4.78, 5) is 12.4. The highest BCUT2D eigenvalue weighted by molar-refractivity contribution is 5.92. The average molecular weight is 249 g/mol. The molecule has 5 nitrogen and oxygen atoms in total. The number of carbonyl (C=O) groups excluding carboxylic acids is 1. The maximum atomic E-state index is 12.5. The molecule has 1 atom stereocenters. The van der Waals surface area contributed by atoms with E-state index in [-0.39, 0.29) is 18.8 Å². The number of halogens is 3. The zero-order valence-corrected chi connectivity index (χ0v) is 8.94. The summed E-state index contributed by atoms with van der Waals surface area (Å²) in [6.45, 7) is -0.206.